The van der Waals surface area contributed by atoms with Gasteiger partial charge in [0.2, 0.25) is 5.91 Å². The Kier molecular flexibility index (Phi) is 5.05. The highest BCUT2D eigenvalue weighted by Gasteiger charge is 2.26. The van der Waals surface area contributed by atoms with Crippen LogP contribution in [0.15, 0.2) is 23.1 Å². The molecule has 0 bridgehead atoms. The fourth-order valence-electron chi connectivity index (χ4n) is 2.30. The number of benzene rings is 1. The van der Waals surface area contributed by atoms with Crippen molar-refractivity contribution in [3.8, 4) is 0 Å². The average molecular weight is 296 g/mol. The molecule has 1 aromatic carbocycles. The quantitative estimate of drug-likeness (QED) is 0.898. The first-order valence-corrected chi connectivity index (χ1v) is 7.99. The molecule has 1 amide bonds. The summed E-state index contributed by atoms with van der Waals surface area (Å²) in [5.41, 5.74) is 6.81. The summed E-state index contributed by atoms with van der Waals surface area (Å²) in [6.45, 7) is 3.98. The molecule has 2 rings (SSSR count). The monoisotopic (exact) mass is 296 g/mol. The first-order chi connectivity index (χ1) is 9.52. The fraction of sp³-hybridized carbons (Fsp3) is 0.533. The topological polar surface area (TPSA) is 55.1 Å². The van der Waals surface area contributed by atoms with E-state index in [2.05, 4.69) is 5.32 Å². The van der Waals surface area contributed by atoms with Crippen molar-refractivity contribution >= 4 is 17.7 Å². The highest BCUT2D eigenvalue weighted by atomic mass is 32.2. The van der Waals surface area contributed by atoms with E-state index in [-0.39, 0.29) is 23.7 Å². The second-order valence-electron chi connectivity index (χ2n) is 5.29. The number of hydrogen-bond donors (Lipinski definition) is 2. The first kappa shape index (κ1) is 15.3. The number of carbonyl (C=O) groups excluding carboxylic acids is 1. The Hall–Kier alpha value is -1.07. The molecule has 1 aromatic rings. The average Bonchev–Trinajstić information content (AvgIpc) is 2.46. The molecule has 2 unspecified atom stereocenters. The molecular weight excluding hydrogens is 275 g/mol. The molecule has 0 fully saturated rings. The van der Waals surface area contributed by atoms with Gasteiger partial charge in [0.15, 0.2) is 0 Å². The lowest BCUT2D eigenvalue weighted by Crippen LogP contribution is -2.46. The van der Waals surface area contributed by atoms with Gasteiger partial charge in [0.25, 0.3) is 0 Å². The Morgan fingerprint density at radius 2 is 2.35 bits per heavy atom. The van der Waals surface area contributed by atoms with Crippen LogP contribution in [-0.4, -0.2) is 17.7 Å². The molecule has 1 aliphatic heterocycles. The van der Waals surface area contributed by atoms with Crippen LogP contribution in [0, 0.1) is 11.7 Å². The third kappa shape index (κ3) is 3.33. The van der Waals surface area contributed by atoms with Gasteiger partial charge >= 0.3 is 0 Å². The van der Waals surface area contributed by atoms with Crippen LogP contribution in [0.4, 0.5) is 4.39 Å². The van der Waals surface area contributed by atoms with Crippen LogP contribution in [0.2, 0.25) is 0 Å². The third-order valence-corrected chi connectivity index (χ3v) is 5.01. The van der Waals surface area contributed by atoms with E-state index < -0.39 is 6.04 Å². The Morgan fingerprint density at radius 3 is 3.05 bits per heavy atom. The van der Waals surface area contributed by atoms with E-state index in [1.165, 1.54) is 12.1 Å². The van der Waals surface area contributed by atoms with Gasteiger partial charge in [0.05, 0.1) is 12.1 Å². The molecule has 0 saturated carbocycles. The standard InChI is InChI=1S/C15H21FN2OS/c1-3-9(2)14(17)15(19)18-12-6-7-20-13-5-4-10(16)8-11(12)13/h4-5,8-9,12,14H,3,6-7,17H2,1-2H3,(H,18,19)/t9?,12?,14-/m0/s1. The third-order valence-electron chi connectivity index (χ3n) is 3.89. The summed E-state index contributed by atoms with van der Waals surface area (Å²) in [5, 5.41) is 2.97. The largest absolute Gasteiger partial charge is 0.348 e. The van der Waals surface area contributed by atoms with Gasteiger partial charge in [-0.25, -0.2) is 4.39 Å². The Labute approximate surface area is 123 Å². The maximum Gasteiger partial charge on any atom is 0.237 e. The number of nitrogens with one attached hydrogen (secondary N) is 1. The summed E-state index contributed by atoms with van der Waals surface area (Å²) in [6, 6.07) is 4.11. The van der Waals surface area contributed by atoms with E-state index in [4.69, 9.17) is 5.73 Å². The summed E-state index contributed by atoms with van der Waals surface area (Å²) in [7, 11) is 0. The molecule has 0 aliphatic carbocycles. The van der Waals surface area contributed by atoms with Crippen molar-refractivity contribution in [3.05, 3.63) is 29.6 Å². The molecule has 0 radical (unpaired) electrons. The van der Waals surface area contributed by atoms with Crippen LogP contribution in [-0.2, 0) is 4.79 Å². The van der Waals surface area contributed by atoms with E-state index in [1.54, 1.807) is 17.8 Å². The number of thioether (sulfide) groups is 1. The van der Waals surface area contributed by atoms with Gasteiger partial charge in [-0.1, -0.05) is 20.3 Å². The van der Waals surface area contributed by atoms with E-state index >= 15 is 0 Å². The number of halogens is 1. The van der Waals surface area contributed by atoms with Crippen molar-refractivity contribution < 1.29 is 9.18 Å². The van der Waals surface area contributed by atoms with E-state index in [0.717, 1.165) is 29.1 Å². The van der Waals surface area contributed by atoms with Crippen LogP contribution >= 0.6 is 11.8 Å². The van der Waals surface area contributed by atoms with Crippen molar-refractivity contribution in [1.82, 2.24) is 5.32 Å². The van der Waals surface area contributed by atoms with E-state index in [9.17, 15) is 9.18 Å². The van der Waals surface area contributed by atoms with Crippen LogP contribution in [0.3, 0.4) is 0 Å². The molecule has 0 spiro atoms. The number of hydrogen-bond acceptors (Lipinski definition) is 3. The fourth-order valence-corrected chi connectivity index (χ4v) is 3.40. The van der Waals surface area contributed by atoms with Gasteiger partial charge in [-0.05, 0) is 36.1 Å². The molecule has 3 nitrogen and oxygen atoms in total. The predicted molar refractivity (Wildman–Crippen MR) is 80.1 cm³/mol. The highest BCUT2D eigenvalue weighted by molar-refractivity contribution is 7.99. The zero-order valence-electron chi connectivity index (χ0n) is 11.9. The Balaban J connectivity index is 2.12. The normalized spacial score (nSPS) is 20.9. The Morgan fingerprint density at radius 1 is 1.60 bits per heavy atom. The second-order valence-corrected chi connectivity index (χ2v) is 6.43. The summed E-state index contributed by atoms with van der Waals surface area (Å²) >= 11 is 1.70. The zero-order valence-corrected chi connectivity index (χ0v) is 12.7. The molecule has 3 N–H and O–H groups in total. The number of carbonyl (C=O) groups is 1. The lowest BCUT2D eigenvalue weighted by Gasteiger charge is -2.28. The Bertz CT molecular complexity index is 495. The van der Waals surface area contributed by atoms with Gasteiger partial charge in [0.1, 0.15) is 5.82 Å². The lowest BCUT2D eigenvalue weighted by molar-refractivity contribution is -0.124. The molecule has 1 aliphatic rings. The minimum absolute atomic E-state index is 0.135. The molecule has 110 valence electrons. The number of fused-ring (bicyclic) bond motifs is 1. The van der Waals surface area contributed by atoms with Gasteiger partial charge in [-0.15, -0.1) is 11.8 Å². The highest BCUT2D eigenvalue weighted by Crippen LogP contribution is 2.36. The maximum absolute atomic E-state index is 13.4. The molecular formula is C15H21FN2OS. The maximum atomic E-state index is 13.4. The predicted octanol–water partition coefficient (Wildman–Crippen LogP) is 2.85. The zero-order chi connectivity index (χ0) is 14.7. The minimum Gasteiger partial charge on any atom is -0.348 e. The van der Waals surface area contributed by atoms with Crippen LogP contribution in [0.1, 0.15) is 38.3 Å². The molecule has 1 heterocycles. The molecule has 0 saturated heterocycles. The van der Waals surface area contributed by atoms with Crippen molar-refractivity contribution in [2.24, 2.45) is 11.7 Å². The van der Waals surface area contributed by atoms with Gasteiger partial charge < -0.3 is 11.1 Å². The van der Waals surface area contributed by atoms with Crippen LogP contribution in [0.25, 0.3) is 0 Å². The van der Waals surface area contributed by atoms with Crippen molar-refractivity contribution in [3.63, 3.8) is 0 Å². The van der Waals surface area contributed by atoms with Gasteiger partial charge in [0, 0.05) is 10.6 Å². The summed E-state index contributed by atoms with van der Waals surface area (Å²) < 4.78 is 13.4. The van der Waals surface area contributed by atoms with Gasteiger partial charge in [-0.3, -0.25) is 4.79 Å². The lowest BCUT2D eigenvalue weighted by atomic mass is 9.97. The van der Waals surface area contributed by atoms with Crippen LogP contribution < -0.4 is 11.1 Å². The van der Waals surface area contributed by atoms with E-state index in [0.29, 0.717) is 0 Å². The molecule has 5 heteroatoms. The smallest absolute Gasteiger partial charge is 0.237 e. The summed E-state index contributed by atoms with van der Waals surface area (Å²) in [5.74, 6) is 0.644. The minimum atomic E-state index is -0.508. The molecule has 0 aromatic heterocycles. The van der Waals surface area contributed by atoms with E-state index in [1.807, 2.05) is 13.8 Å². The molecule has 20 heavy (non-hydrogen) atoms. The number of nitrogens with two attached hydrogens (primary N) is 1. The first-order valence-electron chi connectivity index (χ1n) is 7.01. The van der Waals surface area contributed by atoms with Crippen molar-refractivity contribution in [1.29, 1.82) is 0 Å². The van der Waals surface area contributed by atoms with Crippen LogP contribution in [0.5, 0.6) is 0 Å². The van der Waals surface area contributed by atoms with Crippen molar-refractivity contribution in [2.75, 3.05) is 5.75 Å². The van der Waals surface area contributed by atoms with Gasteiger partial charge in [-0.2, -0.15) is 0 Å². The second kappa shape index (κ2) is 6.59. The number of amides is 1. The summed E-state index contributed by atoms with van der Waals surface area (Å²) in [6.07, 6.45) is 1.67. The molecule has 3 atom stereocenters. The number of rotatable bonds is 4. The van der Waals surface area contributed by atoms with Crippen molar-refractivity contribution in [2.45, 2.75) is 43.7 Å². The summed E-state index contributed by atoms with van der Waals surface area (Å²) in [4.78, 5) is 13.2. The SMILES string of the molecule is CCC(C)[C@H](N)C(=O)NC1CCSc2ccc(F)cc21.